The average Bonchev–Trinajstić information content (AvgIpc) is 2.81. The van der Waals surface area contributed by atoms with Crippen LogP contribution in [0.3, 0.4) is 0 Å². The Morgan fingerprint density at radius 3 is 3.06 bits per heavy atom. The first-order valence-corrected chi connectivity index (χ1v) is 6.68. The molecule has 1 aliphatic rings. The van der Waals surface area contributed by atoms with E-state index in [9.17, 15) is 4.79 Å². The van der Waals surface area contributed by atoms with Gasteiger partial charge in [0.1, 0.15) is 0 Å². The Morgan fingerprint density at radius 2 is 2.39 bits per heavy atom. The van der Waals surface area contributed by atoms with E-state index in [-0.39, 0.29) is 18.0 Å². The second kappa shape index (κ2) is 5.52. The Labute approximate surface area is 108 Å². The van der Waals surface area contributed by atoms with E-state index in [0.717, 1.165) is 24.4 Å². The van der Waals surface area contributed by atoms with Crippen LogP contribution in [0.15, 0.2) is 6.33 Å². The Bertz CT molecular complexity index is 413. The van der Waals surface area contributed by atoms with Crippen molar-refractivity contribution in [2.45, 2.75) is 52.2 Å². The molecule has 18 heavy (non-hydrogen) atoms. The summed E-state index contributed by atoms with van der Waals surface area (Å²) in [6.07, 6.45) is 3.38. The van der Waals surface area contributed by atoms with Gasteiger partial charge in [0.15, 0.2) is 0 Å². The van der Waals surface area contributed by atoms with Gasteiger partial charge in [-0.15, -0.1) is 0 Å². The van der Waals surface area contributed by atoms with E-state index in [1.165, 1.54) is 0 Å². The standard InChI is InChI=1S/C13H22N4O/c1-4-5-17(9(2)3)13(18)11-6-10-12(7-14-11)16-8-15-10/h8-9,11,14H,4-7H2,1-3H3,(H,15,16). The van der Waals surface area contributed by atoms with Crippen LogP contribution in [0.2, 0.25) is 0 Å². The lowest BCUT2D eigenvalue weighted by molar-refractivity contribution is -0.135. The summed E-state index contributed by atoms with van der Waals surface area (Å²) in [4.78, 5) is 21.8. The average molecular weight is 250 g/mol. The highest BCUT2D eigenvalue weighted by molar-refractivity contribution is 5.82. The van der Waals surface area contributed by atoms with Crippen LogP contribution in [0.25, 0.3) is 0 Å². The summed E-state index contributed by atoms with van der Waals surface area (Å²) < 4.78 is 0. The predicted octanol–water partition coefficient (Wildman–Crippen LogP) is 1.07. The number of H-pyrrole nitrogens is 1. The maximum absolute atomic E-state index is 12.5. The summed E-state index contributed by atoms with van der Waals surface area (Å²) in [5, 5.41) is 3.29. The van der Waals surface area contributed by atoms with Crippen LogP contribution in [0.4, 0.5) is 0 Å². The SMILES string of the molecule is CCCN(C(=O)C1Cc2nc[nH]c2CN1)C(C)C. The summed E-state index contributed by atoms with van der Waals surface area (Å²) in [7, 11) is 0. The molecular weight excluding hydrogens is 228 g/mol. The molecule has 0 radical (unpaired) electrons. The molecule has 2 heterocycles. The number of carbonyl (C=O) groups excluding carboxylic acids is 1. The van der Waals surface area contributed by atoms with Crippen molar-refractivity contribution in [3.8, 4) is 0 Å². The summed E-state index contributed by atoms with van der Waals surface area (Å²) >= 11 is 0. The smallest absolute Gasteiger partial charge is 0.240 e. The summed E-state index contributed by atoms with van der Waals surface area (Å²) in [5.41, 5.74) is 2.12. The van der Waals surface area contributed by atoms with Crippen LogP contribution < -0.4 is 5.32 Å². The van der Waals surface area contributed by atoms with E-state index in [2.05, 4.69) is 36.1 Å². The van der Waals surface area contributed by atoms with Gasteiger partial charge in [0.05, 0.1) is 23.8 Å². The largest absolute Gasteiger partial charge is 0.347 e. The summed E-state index contributed by atoms with van der Waals surface area (Å²) in [6, 6.07) is 0.120. The van der Waals surface area contributed by atoms with Gasteiger partial charge in [0, 0.05) is 25.6 Å². The maximum atomic E-state index is 12.5. The van der Waals surface area contributed by atoms with Gasteiger partial charge in [-0.05, 0) is 20.3 Å². The molecule has 0 saturated carbocycles. The molecule has 2 rings (SSSR count). The minimum atomic E-state index is -0.130. The Morgan fingerprint density at radius 1 is 1.61 bits per heavy atom. The molecule has 0 fully saturated rings. The Balaban J connectivity index is 2.06. The van der Waals surface area contributed by atoms with Crippen LogP contribution in [0.5, 0.6) is 0 Å². The topological polar surface area (TPSA) is 61.0 Å². The minimum absolute atomic E-state index is 0.130. The molecule has 5 nitrogen and oxygen atoms in total. The second-order valence-corrected chi connectivity index (χ2v) is 5.09. The van der Waals surface area contributed by atoms with Gasteiger partial charge < -0.3 is 9.88 Å². The fourth-order valence-corrected chi connectivity index (χ4v) is 2.41. The fourth-order valence-electron chi connectivity index (χ4n) is 2.41. The molecule has 100 valence electrons. The van der Waals surface area contributed by atoms with Crippen LogP contribution in [0, 0.1) is 0 Å². The second-order valence-electron chi connectivity index (χ2n) is 5.09. The normalized spacial score (nSPS) is 18.8. The number of nitrogens with one attached hydrogen (secondary N) is 2. The number of aromatic amines is 1. The highest BCUT2D eigenvalue weighted by Crippen LogP contribution is 2.15. The van der Waals surface area contributed by atoms with Gasteiger partial charge in [0.2, 0.25) is 5.91 Å². The number of rotatable bonds is 4. The molecule has 1 aliphatic heterocycles. The van der Waals surface area contributed by atoms with E-state index in [1.807, 2.05) is 4.90 Å². The summed E-state index contributed by atoms with van der Waals surface area (Å²) in [6.45, 7) is 7.75. The first kappa shape index (κ1) is 13.1. The predicted molar refractivity (Wildman–Crippen MR) is 70.1 cm³/mol. The van der Waals surface area contributed by atoms with Gasteiger partial charge >= 0.3 is 0 Å². The van der Waals surface area contributed by atoms with Crippen molar-refractivity contribution in [2.75, 3.05) is 6.54 Å². The third-order valence-corrected chi connectivity index (χ3v) is 3.40. The van der Waals surface area contributed by atoms with Gasteiger partial charge in [-0.3, -0.25) is 10.1 Å². The molecule has 1 amide bonds. The molecule has 1 unspecified atom stereocenters. The highest BCUT2D eigenvalue weighted by atomic mass is 16.2. The molecule has 0 saturated heterocycles. The number of carbonyl (C=O) groups is 1. The van der Waals surface area contributed by atoms with Crippen molar-refractivity contribution < 1.29 is 4.79 Å². The van der Waals surface area contributed by atoms with Crippen LogP contribution >= 0.6 is 0 Å². The molecule has 0 aromatic carbocycles. The third-order valence-electron chi connectivity index (χ3n) is 3.40. The van der Waals surface area contributed by atoms with Crippen LogP contribution in [0.1, 0.15) is 38.6 Å². The summed E-state index contributed by atoms with van der Waals surface area (Å²) in [5.74, 6) is 0.195. The van der Waals surface area contributed by atoms with Crippen molar-refractivity contribution >= 4 is 5.91 Å². The molecule has 2 N–H and O–H groups in total. The minimum Gasteiger partial charge on any atom is -0.347 e. The van der Waals surface area contributed by atoms with Gasteiger partial charge in [-0.25, -0.2) is 4.98 Å². The lowest BCUT2D eigenvalue weighted by Crippen LogP contribution is -2.51. The molecule has 0 spiro atoms. The fraction of sp³-hybridized carbons (Fsp3) is 0.692. The number of hydrogen-bond acceptors (Lipinski definition) is 3. The number of imidazole rings is 1. The van der Waals surface area contributed by atoms with Crippen LogP contribution in [-0.2, 0) is 17.8 Å². The lowest BCUT2D eigenvalue weighted by Gasteiger charge is -2.32. The van der Waals surface area contributed by atoms with Crippen molar-refractivity contribution in [1.82, 2.24) is 20.2 Å². The van der Waals surface area contributed by atoms with Gasteiger partial charge in [-0.1, -0.05) is 6.92 Å². The monoisotopic (exact) mass is 250 g/mol. The van der Waals surface area contributed by atoms with E-state index in [0.29, 0.717) is 13.0 Å². The maximum Gasteiger partial charge on any atom is 0.240 e. The van der Waals surface area contributed by atoms with Crippen molar-refractivity contribution in [3.63, 3.8) is 0 Å². The Kier molecular flexibility index (Phi) is 4.01. The Hall–Kier alpha value is -1.36. The number of amides is 1. The van der Waals surface area contributed by atoms with Crippen molar-refractivity contribution in [3.05, 3.63) is 17.7 Å². The van der Waals surface area contributed by atoms with Crippen LogP contribution in [-0.4, -0.2) is 39.4 Å². The van der Waals surface area contributed by atoms with Gasteiger partial charge in [-0.2, -0.15) is 0 Å². The molecule has 1 aromatic rings. The van der Waals surface area contributed by atoms with Crippen molar-refractivity contribution in [2.24, 2.45) is 0 Å². The lowest BCUT2D eigenvalue weighted by atomic mass is 10.0. The molecule has 1 aromatic heterocycles. The highest BCUT2D eigenvalue weighted by Gasteiger charge is 2.29. The van der Waals surface area contributed by atoms with Crippen molar-refractivity contribution in [1.29, 1.82) is 0 Å². The number of aromatic nitrogens is 2. The van der Waals surface area contributed by atoms with E-state index < -0.39 is 0 Å². The molecule has 1 atom stereocenters. The van der Waals surface area contributed by atoms with E-state index in [1.54, 1.807) is 6.33 Å². The van der Waals surface area contributed by atoms with E-state index >= 15 is 0 Å². The number of fused-ring (bicyclic) bond motifs is 1. The molecular formula is C13H22N4O. The zero-order valence-corrected chi connectivity index (χ0v) is 11.4. The molecule has 0 aliphatic carbocycles. The third kappa shape index (κ3) is 2.56. The first-order chi connectivity index (χ1) is 8.63. The quantitative estimate of drug-likeness (QED) is 0.840. The molecule has 5 heteroatoms. The zero-order valence-electron chi connectivity index (χ0n) is 11.4. The number of nitrogens with zero attached hydrogens (tertiary/aromatic N) is 2. The van der Waals surface area contributed by atoms with Gasteiger partial charge in [0.25, 0.3) is 0 Å². The number of hydrogen-bond donors (Lipinski definition) is 2. The van der Waals surface area contributed by atoms with E-state index in [4.69, 9.17) is 0 Å². The first-order valence-electron chi connectivity index (χ1n) is 6.68. The molecule has 0 bridgehead atoms. The zero-order chi connectivity index (χ0) is 13.1.